The Hall–Kier alpha value is -2.05. The smallest absolute Gasteiger partial charge is 0.258 e. The fourth-order valence-corrected chi connectivity index (χ4v) is 4.89. The van der Waals surface area contributed by atoms with Crippen molar-refractivity contribution < 1.29 is 9.48 Å². The maximum Gasteiger partial charge on any atom is 0.258 e. The van der Waals surface area contributed by atoms with Gasteiger partial charge in [-0.2, -0.15) is 4.74 Å². The molecule has 3 rings (SSSR count). The second-order valence-electron chi connectivity index (χ2n) is 6.28. The molecule has 1 aliphatic heterocycles. The first-order valence-corrected chi connectivity index (χ1v) is 9.17. The maximum atomic E-state index is 13.1. The molecule has 2 aromatic carbocycles. The number of hydroxylamine groups is 1. The van der Waals surface area contributed by atoms with Crippen LogP contribution >= 0.6 is 24.0 Å². The van der Waals surface area contributed by atoms with Crippen LogP contribution in [-0.2, 0) is 0 Å². The van der Waals surface area contributed by atoms with Crippen molar-refractivity contribution in [1.29, 1.82) is 0 Å². The summed E-state index contributed by atoms with van der Waals surface area (Å²) in [6.07, 6.45) is 1.13. The van der Waals surface area contributed by atoms with Crippen molar-refractivity contribution in [2.75, 3.05) is 12.0 Å². The van der Waals surface area contributed by atoms with Crippen molar-refractivity contribution in [3.05, 3.63) is 65.4 Å². The van der Waals surface area contributed by atoms with Gasteiger partial charge in [0.25, 0.3) is 6.17 Å². The first-order valence-electron chi connectivity index (χ1n) is 7.94. The molecule has 0 N–H and O–H groups in total. The molecule has 130 valence electrons. The molecule has 0 bridgehead atoms. The van der Waals surface area contributed by atoms with Crippen molar-refractivity contribution in [1.82, 2.24) is 0 Å². The number of thioether (sulfide) groups is 1. The van der Waals surface area contributed by atoms with E-state index in [1.165, 1.54) is 0 Å². The molecule has 1 saturated heterocycles. The Morgan fingerprint density at radius 1 is 1.16 bits per heavy atom. The van der Waals surface area contributed by atoms with Crippen LogP contribution in [0.25, 0.3) is 0 Å². The Balaban J connectivity index is 2.05. The van der Waals surface area contributed by atoms with Crippen LogP contribution < -0.4 is 9.64 Å². The highest BCUT2D eigenvalue weighted by Crippen LogP contribution is 2.43. The minimum atomic E-state index is -0.447. The molecule has 0 amide bonds. The van der Waals surface area contributed by atoms with Gasteiger partial charge in [0.05, 0.1) is 12.7 Å². The predicted molar refractivity (Wildman–Crippen MR) is 109 cm³/mol. The van der Waals surface area contributed by atoms with Crippen LogP contribution in [0.3, 0.4) is 0 Å². The van der Waals surface area contributed by atoms with E-state index >= 15 is 0 Å². The summed E-state index contributed by atoms with van der Waals surface area (Å²) in [4.78, 5) is 1.93. The lowest BCUT2D eigenvalue weighted by atomic mass is 10.1. The van der Waals surface area contributed by atoms with Gasteiger partial charge < -0.3 is 9.94 Å². The standard InChI is InChI=1S/C19H20N2O2S2/c1-19(2)17(20(22)13-14-9-7-8-12-16(14)23-3)21(18(24)25-19)15-10-5-4-6-11-15/h4-13,17H,1-3H3/b20-13-/t17-/m0/s1. The van der Waals surface area contributed by atoms with Gasteiger partial charge in [0.2, 0.25) is 0 Å². The van der Waals surface area contributed by atoms with E-state index in [9.17, 15) is 5.21 Å². The van der Waals surface area contributed by atoms with Gasteiger partial charge in [-0.3, -0.25) is 4.90 Å². The molecule has 4 nitrogen and oxygen atoms in total. The highest BCUT2D eigenvalue weighted by atomic mass is 32.2. The average molecular weight is 373 g/mol. The number of nitrogens with zero attached hydrogens (tertiary/aromatic N) is 2. The third-order valence-electron chi connectivity index (χ3n) is 4.09. The molecule has 0 aliphatic carbocycles. The van der Waals surface area contributed by atoms with Crippen molar-refractivity contribution in [3.8, 4) is 5.75 Å². The fourth-order valence-electron chi connectivity index (χ4n) is 2.97. The molecule has 6 heteroatoms. The van der Waals surface area contributed by atoms with E-state index in [0.717, 1.165) is 16.0 Å². The average Bonchev–Trinajstić information content (AvgIpc) is 2.84. The summed E-state index contributed by atoms with van der Waals surface area (Å²) in [6, 6.07) is 17.3. The van der Waals surface area contributed by atoms with Crippen LogP contribution in [-0.4, -0.2) is 33.3 Å². The lowest BCUT2D eigenvalue weighted by molar-refractivity contribution is -0.497. The first kappa shape index (κ1) is 17.8. The molecule has 0 spiro atoms. The third-order valence-corrected chi connectivity index (χ3v) is 5.65. The lowest BCUT2D eigenvalue weighted by Gasteiger charge is -2.29. The monoisotopic (exact) mass is 372 g/mol. The van der Waals surface area contributed by atoms with E-state index in [0.29, 0.717) is 10.1 Å². The van der Waals surface area contributed by atoms with Crippen LogP contribution in [0.15, 0.2) is 54.6 Å². The minimum absolute atomic E-state index is 0.354. The van der Waals surface area contributed by atoms with Gasteiger partial charge in [-0.1, -0.05) is 54.3 Å². The molecule has 1 heterocycles. The van der Waals surface area contributed by atoms with Crippen LogP contribution in [0.4, 0.5) is 5.69 Å². The molecule has 25 heavy (non-hydrogen) atoms. The van der Waals surface area contributed by atoms with Gasteiger partial charge >= 0.3 is 0 Å². The van der Waals surface area contributed by atoms with E-state index in [2.05, 4.69) is 0 Å². The summed E-state index contributed by atoms with van der Waals surface area (Å²) < 4.78 is 6.69. The molecule has 1 atom stereocenters. The molecule has 0 unspecified atom stereocenters. The summed E-state index contributed by atoms with van der Waals surface area (Å²) >= 11 is 7.11. The number of benzene rings is 2. The zero-order chi connectivity index (χ0) is 18.0. The fraction of sp³-hybridized carbons (Fsp3) is 0.263. The molecule has 2 aromatic rings. The van der Waals surface area contributed by atoms with Crippen molar-refractivity contribution >= 4 is 40.2 Å². The van der Waals surface area contributed by atoms with Gasteiger partial charge in [-0.15, -0.1) is 0 Å². The third kappa shape index (κ3) is 3.50. The number of anilines is 1. The van der Waals surface area contributed by atoms with Crippen molar-refractivity contribution in [3.63, 3.8) is 0 Å². The number of hydrogen-bond acceptors (Lipinski definition) is 4. The summed E-state index contributed by atoms with van der Waals surface area (Å²) in [5, 5.41) is 13.1. The summed E-state index contributed by atoms with van der Waals surface area (Å²) in [7, 11) is 1.60. The summed E-state index contributed by atoms with van der Waals surface area (Å²) in [5.41, 5.74) is 1.66. The molecule has 1 aliphatic rings. The minimum Gasteiger partial charge on any atom is -0.622 e. The number of rotatable bonds is 4. The van der Waals surface area contributed by atoms with E-state index in [1.807, 2.05) is 73.3 Å². The number of ether oxygens (including phenoxy) is 1. The van der Waals surface area contributed by atoms with E-state index in [-0.39, 0.29) is 4.75 Å². The Kier molecular flexibility index (Phi) is 5.01. The first-order chi connectivity index (χ1) is 11.9. The quantitative estimate of drug-likeness (QED) is 0.263. The molecular weight excluding hydrogens is 352 g/mol. The zero-order valence-corrected chi connectivity index (χ0v) is 16.0. The number of hydrogen-bond donors (Lipinski definition) is 0. The number of methoxy groups -OCH3 is 1. The van der Waals surface area contributed by atoms with Gasteiger partial charge in [-0.05, 0) is 38.1 Å². The molecule has 1 fully saturated rings. The van der Waals surface area contributed by atoms with E-state index in [4.69, 9.17) is 17.0 Å². The Labute approximate surface area is 157 Å². The van der Waals surface area contributed by atoms with Crippen molar-refractivity contribution in [2.45, 2.75) is 24.8 Å². The largest absolute Gasteiger partial charge is 0.622 e. The topological polar surface area (TPSA) is 38.5 Å². The maximum absolute atomic E-state index is 13.1. The predicted octanol–water partition coefficient (Wildman–Crippen LogP) is 4.27. The SMILES string of the molecule is COc1ccccc1/C=[N+](\[O-])[C@H]1N(c2ccccc2)C(=S)SC1(C)C. The number of thiocarbonyl (C=S) groups is 1. The number of para-hydroxylation sites is 2. The van der Waals surface area contributed by atoms with Crippen molar-refractivity contribution in [2.24, 2.45) is 0 Å². The van der Waals surface area contributed by atoms with Crippen LogP contribution in [0.2, 0.25) is 0 Å². The van der Waals surface area contributed by atoms with Gasteiger partial charge in [0.15, 0.2) is 6.21 Å². The Morgan fingerprint density at radius 3 is 2.48 bits per heavy atom. The van der Waals surface area contributed by atoms with Crippen LogP contribution in [0, 0.1) is 5.21 Å². The highest BCUT2D eigenvalue weighted by Gasteiger charge is 2.51. The molecule has 0 aromatic heterocycles. The molecule has 0 radical (unpaired) electrons. The van der Waals surface area contributed by atoms with Gasteiger partial charge in [0, 0.05) is 5.69 Å². The van der Waals surface area contributed by atoms with E-state index in [1.54, 1.807) is 25.1 Å². The lowest BCUT2D eigenvalue weighted by Crippen LogP contribution is -2.48. The summed E-state index contributed by atoms with van der Waals surface area (Å²) in [5.74, 6) is 0.667. The zero-order valence-electron chi connectivity index (χ0n) is 14.4. The Morgan fingerprint density at radius 2 is 1.80 bits per heavy atom. The van der Waals surface area contributed by atoms with Crippen LogP contribution in [0.5, 0.6) is 5.75 Å². The second-order valence-corrected chi connectivity index (χ2v) is 8.57. The second kappa shape index (κ2) is 7.06. The van der Waals surface area contributed by atoms with Crippen LogP contribution in [0.1, 0.15) is 19.4 Å². The molecular formula is C19H20N2O2S2. The van der Waals surface area contributed by atoms with Gasteiger partial charge in [-0.25, -0.2) is 0 Å². The van der Waals surface area contributed by atoms with E-state index < -0.39 is 6.17 Å². The normalized spacial score (nSPS) is 20.0. The Bertz CT molecular complexity index is 806. The highest BCUT2D eigenvalue weighted by molar-refractivity contribution is 8.24. The molecule has 0 saturated carbocycles. The summed E-state index contributed by atoms with van der Waals surface area (Å²) in [6.45, 7) is 4.08. The van der Waals surface area contributed by atoms with Gasteiger partial charge in [0.1, 0.15) is 14.8 Å².